The van der Waals surface area contributed by atoms with E-state index < -0.39 is 5.97 Å². The largest absolute Gasteiger partial charge is 0.497 e. The molecule has 194 valence electrons. The van der Waals surface area contributed by atoms with Crippen LogP contribution in [0.1, 0.15) is 68.6 Å². The fraction of sp³-hybridized carbons (Fsp3) is 0.387. The normalized spacial score (nSPS) is 17.4. The second-order valence-corrected chi connectivity index (χ2v) is 11.6. The Labute approximate surface area is 221 Å². The summed E-state index contributed by atoms with van der Waals surface area (Å²) in [7, 11) is 1.54. The molecule has 0 saturated heterocycles. The van der Waals surface area contributed by atoms with Gasteiger partial charge in [0.2, 0.25) is 0 Å². The highest BCUT2D eigenvalue weighted by Crippen LogP contribution is 2.50. The Balaban J connectivity index is 1.46. The van der Waals surface area contributed by atoms with Crippen LogP contribution in [-0.4, -0.2) is 18.2 Å². The van der Waals surface area contributed by atoms with Crippen molar-refractivity contribution in [1.29, 1.82) is 0 Å². The van der Waals surface area contributed by atoms with E-state index in [9.17, 15) is 9.90 Å². The first kappa shape index (κ1) is 25.5. The molecule has 0 spiro atoms. The van der Waals surface area contributed by atoms with Gasteiger partial charge in [-0.2, -0.15) is 0 Å². The number of carboxylic acids is 1. The van der Waals surface area contributed by atoms with Gasteiger partial charge in [0.25, 0.3) is 0 Å². The van der Waals surface area contributed by atoms with Gasteiger partial charge in [0.1, 0.15) is 23.9 Å². The Morgan fingerprint density at radius 1 is 1.19 bits per heavy atom. The number of thiophene rings is 1. The van der Waals surface area contributed by atoms with Gasteiger partial charge in [-0.15, -0.1) is 11.3 Å². The molecule has 6 heteroatoms. The zero-order chi connectivity index (χ0) is 26.2. The Kier molecular flexibility index (Phi) is 7.13. The molecule has 1 N–H and O–H groups in total. The minimum Gasteiger partial charge on any atom is -0.497 e. The van der Waals surface area contributed by atoms with Gasteiger partial charge in [0.15, 0.2) is 0 Å². The van der Waals surface area contributed by atoms with E-state index in [4.69, 9.17) is 9.47 Å². The van der Waals surface area contributed by atoms with Gasteiger partial charge in [-0.05, 0) is 83.7 Å². The molecule has 37 heavy (non-hydrogen) atoms. The lowest BCUT2D eigenvalue weighted by atomic mass is 9.80. The summed E-state index contributed by atoms with van der Waals surface area (Å²) in [5.41, 5.74) is 4.91. The number of rotatable bonds is 10. The summed E-state index contributed by atoms with van der Waals surface area (Å²) in [6, 6.07) is 12.9. The number of hydrogen-bond donors (Lipinski definition) is 1. The molecule has 0 amide bonds. The van der Waals surface area contributed by atoms with E-state index in [-0.39, 0.29) is 23.6 Å². The van der Waals surface area contributed by atoms with Crippen molar-refractivity contribution in [1.82, 2.24) is 0 Å². The van der Waals surface area contributed by atoms with Crippen LogP contribution in [0.25, 0.3) is 16.0 Å². The third-order valence-corrected chi connectivity index (χ3v) is 8.73. The lowest BCUT2D eigenvalue weighted by Gasteiger charge is -2.24. The number of halogens is 1. The van der Waals surface area contributed by atoms with Crippen molar-refractivity contribution in [2.45, 2.75) is 58.5 Å². The molecule has 2 aromatic carbocycles. The monoisotopic (exact) mass is 520 g/mol. The molecular weight excluding hydrogens is 487 g/mol. The van der Waals surface area contributed by atoms with Crippen LogP contribution in [0.5, 0.6) is 11.5 Å². The van der Waals surface area contributed by atoms with Crippen molar-refractivity contribution in [3.8, 4) is 21.9 Å². The highest BCUT2D eigenvalue weighted by molar-refractivity contribution is 7.14. The summed E-state index contributed by atoms with van der Waals surface area (Å²) in [5, 5.41) is 11.5. The standard InChI is InChI=1S/C31H33FO4S/c1-31(2)13-5-8-26(31)29-21(18-37-30(29)24-12-11-22(35-3)15-27(24)32)17-36-23-7-4-6-20(14-23)25(16-28(33)34)19-9-10-19/h4,6-8,11-12,14-15,18-19,25H,5,9-10,13,16-17H2,1-3H3,(H,33,34)/t25-/m0/s1. The van der Waals surface area contributed by atoms with Crippen molar-refractivity contribution in [3.05, 3.63) is 76.4 Å². The zero-order valence-electron chi connectivity index (χ0n) is 21.6. The molecule has 2 aliphatic carbocycles. The summed E-state index contributed by atoms with van der Waals surface area (Å²) >= 11 is 1.54. The lowest BCUT2D eigenvalue weighted by Crippen LogP contribution is -2.11. The maximum Gasteiger partial charge on any atom is 0.303 e. The van der Waals surface area contributed by atoms with E-state index >= 15 is 4.39 Å². The summed E-state index contributed by atoms with van der Waals surface area (Å²) in [6.07, 6.45) is 6.63. The van der Waals surface area contributed by atoms with Crippen LogP contribution in [0.4, 0.5) is 4.39 Å². The van der Waals surface area contributed by atoms with E-state index in [0.29, 0.717) is 23.8 Å². The molecule has 3 aromatic rings. The van der Waals surface area contributed by atoms with Crippen molar-refractivity contribution in [3.63, 3.8) is 0 Å². The first-order valence-electron chi connectivity index (χ1n) is 12.9. The molecule has 0 radical (unpaired) electrons. The Morgan fingerprint density at radius 3 is 2.65 bits per heavy atom. The molecule has 1 heterocycles. The lowest BCUT2D eigenvalue weighted by molar-refractivity contribution is -0.137. The number of carboxylic acid groups (broad SMARTS) is 1. The predicted octanol–water partition coefficient (Wildman–Crippen LogP) is 8.31. The van der Waals surface area contributed by atoms with E-state index in [2.05, 4.69) is 25.3 Å². The van der Waals surface area contributed by atoms with Crippen LogP contribution >= 0.6 is 11.3 Å². The summed E-state index contributed by atoms with van der Waals surface area (Å²) < 4.78 is 26.7. The molecule has 1 fully saturated rings. The van der Waals surface area contributed by atoms with Crippen LogP contribution in [0.2, 0.25) is 0 Å². The highest BCUT2D eigenvalue weighted by atomic mass is 32.1. The Hall–Kier alpha value is -3.12. The van der Waals surface area contributed by atoms with Crippen molar-refractivity contribution in [2.24, 2.45) is 11.3 Å². The molecule has 0 bridgehead atoms. The number of methoxy groups -OCH3 is 1. The average molecular weight is 521 g/mol. The first-order chi connectivity index (χ1) is 17.8. The Morgan fingerprint density at radius 2 is 2.00 bits per heavy atom. The van der Waals surface area contributed by atoms with Gasteiger partial charge in [0.05, 0.1) is 13.5 Å². The average Bonchev–Trinajstić information content (AvgIpc) is 3.54. The van der Waals surface area contributed by atoms with E-state index in [1.807, 2.05) is 24.3 Å². The third-order valence-electron chi connectivity index (χ3n) is 7.67. The Bertz CT molecular complexity index is 1330. The van der Waals surface area contributed by atoms with Crippen molar-refractivity contribution < 1.29 is 23.8 Å². The predicted molar refractivity (Wildman–Crippen MR) is 146 cm³/mol. The van der Waals surface area contributed by atoms with Crippen molar-refractivity contribution in [2.75, 3.05) is 7.11 Å². The second kappa shape index (κ2) is 10.3. The van der Waals surface area contributed by atoms with Gasteiger partial charge in [-0.1, -0.05) is 32.1 Å². The molecule has 1 atom stereocenters. The maximum atomic E-state index is 15.2. The molecule has 2 aliphatic rings. The third kappa shape index (κ3) is 5.45. The molecule has 1 saturated carbocycles. The molecule has 0 unspecified atom stereocenters. The van der Waals surface area contributed by atoms with Gasteiger partial charge >= 0.3 is 5.97 Å². The van der Waals surface area contributed by atoms with E-state index in [0.717, 1.165) is 53.0 Å². The zero-order valence-corrected chi connectivity index (χ0v) is 22.4. The van der Waals surface area contributed by atoms with Crippen molar-refractivity contribution >= 4 is 22.9 Å². The van der Waals surface area contributed by atoms with Gasteiger partial charge in [-0.25, -0.2) is 4.39 Å². The van der Waals surface area contributed by atoms with Gasteiger partial charge in [-0.3, -0.25) is 4.79 Å². The fourth-order valence-electron chi connectivity index (χ4n) is 5.47. The molecule has 0 aliphatic heterocycles. The van der Waals surface area contributed by atoms with E-state index in [1.54, 1.807) is 12.1 Å². The minimum absolute atomic E-state index is 0.0121. The van der Waals surface area contributed by atoms with E-state index in [1.165, 1.54) is 30.1 Å². The number of aliphatic carboxylic acids is 1. The van der Waals surface area contributed by atoms with Crippen LogP contribution in [-0.2, 0) is 11.4 Å². The quantitative estimate of drug-likeness (QED) is 0.292. The fourth-order valence-corrected chi connectivity index (χ4v) is 6.57. The first-order valence-corrected chi connectivity index (χ1v) is 13.7. The summed E-state index contributed by atoms with van der Waals surface area (Å²) in [5.74, 6) is 0.610. The highest BCUT2D eigenvalue weighted by Gasteiger charge is 2.34. The van der Waals surface area contributed by atoms with Crippen LogP contribution in [0.15, 0.2) is 53.9 Å². The SMILES string of the molecule is COc1ccc(-c2scc(COc3cccc([C@@H](CC(=O)O)C4CC4)c3)c2C2=CCCC2(C)C)c(F)c1. The minimum atomic E-state index is -0.767. The maximum absolute atomic E-state index is 15.2. The topological polar surface area (TPSA) is 55.8 Å². The number of allylic oxidation sites excluding steroid dienone is 2. The van der Waals surface area contributed by atoms with Crippen LogP contribution in [0, 0.1) is 17.2 Å². The van der Waals surface area contributed by atoms with Gasteiger partial charge in [0, 0.05) is 27.6 Å². The molecular formula is C31H33FO4S. The molecule has 5 rings (SSSR count). The summed E-state index contributed by atoms with van der Waals surface area (Å²) in [6.45, 7) is 4.84. The van der Waals surface area contributed by atoms with Crippen LogP contribution < -0.4 is 9.47 Å². The number of ether oxygens (including phenoxy) is 2. The molecule has 4 nitrogen and oxygen atoms in total. The summed E-state index contributed by atoms with van der Waals surface area (Å²) in [4.78, 5) is 12.3. The van der Waals surface area contributed by atoms with Gasteiger partial charge < -0.3 is 14.6 Å². The second-order valence-electron chi connectivity index (χ2n) is 10.8. The smallest absolute Gasteiger partial charge is 0.303 e. The number of carbonyl (C=O) groups is 1. The van der Waals surface area contributed by atoms with Crippen LogP contribution in [0.3, 0.4) is 0 Å². The number of benzene rings is 2. The molecule has 1 aromatic heterocycles. The number of hydrogen-bond acceptors (Lipinski definition) is 4.